The number of esters is 2. The lowest BCUT2D eigenvalue weighted by atomic mass is 10.1. The summed E-state index contributed by atoms with van der Waals surface area (Å²) in [4.78, 5) is 47.3. The van der Waals surface area contributed by atoms with Gasteiger partial charge >= 0.3 is 18.0 Å². The number of hydrogen-bond acceptors (Lipinski definition) is 7. The van der Waals surface area contributed by atoms with Gasteiger partial charge in [0.25, 0.3) is 0 Å². The Morgan fingerprint density at radius 3 is 2.44 bits per heavy atom. The molecule has 0 aliphatic heterocycles. The van der Waals surface area contributed by atoms with Gasteiger partial charge in [-0.1, -0.05) is 6.08 Å². The van der Waals surface area contributed by atoms with Gasteiger partial charge < -0.3 is 14.2 Å². The largest absolute Gasteiger partial charge is 0.465 e. The van der Waals surface area contributed by atoms with Gasteiger partial charge in [-0.25, -0.2) is 4.79 Å². The number of allylic oxidation sites excluding steroid dienone is 1. The molecule has 1 amide bonds. The highest BCUT2D eigenvalue weighted by atomic mass is 79.9. The minimum Gasteiger partial charge on any atom is -0.465 e. The van der Waals surface area contributed by atoms with E-state index in [0.29, 0.717) is 10.2 Å². The number of ether oxygens (including phenoxy) is 3. The Kier molecular flexibility index (Phi) is 9.21. The van der Waals surface area contributed by atoms with Crippen molar-refractivity contribution >= 4 is 45.4 Å². The molecule has 1 unspecified atom stereocenters. The van der Waals surface area contributed by atoms with Crippen molar-refractivity contribution < 1.29 is 33.4 Å². The monoisotopic (exact) mass is 441 g/mol. The topological polar surface area (TPSA) is 108 Å². The van der Waals surface area contributed by atoms with Gasteiger partial charge in [0.05, 0.1) is 13.7 Å². The van der Waals surface area contributed by atoms with Crippen LogP contribution in [0.5, 0.6) is 0 Å². The fourth-order valence-corrected chi connectivity index (χ4v) is 2.60. The molecule has 0 radical (unpaired) electrons. The molecule has 9 heteroatoms. The summed E-state index contributed by atoms with van der Waals surface area (Å²) in [7, 11) is 1.23. The maximum atomic E-state index is 12.3. The van der Waals surface area contributed by atoms with Crippen molar-refractivity contribution in [3.8, 4) is 0 Å². The van der Waals surface area contributed by atoms with Gasteiger partial charge in [-0.05, 0) is 47.5 Å². The van der Waals surface area contributed by atoms with Crippen LogP contribution in [0.3, 0.4) is 0 Å². The van der Waals surface area contributed by atoms with E-state index in [0.717, 1.165) is 0 Å². The zero-order valence-electron chi connectivity index (χ0n) is 15.0. The van der Waals surface area contributed by atoms with E-state index in [-0.39, 0.29) is 18.6 Å². The van der Waals surface area contributed by atoms with Gasteiger partial charge in [-0.3, -0.25) is 19.7 Å². The zero-order valence-corrected chi connectivity index (χ0v) is 16.5. The summed E-state index contributed by atoms with van der Waals surface area (Å²) in [6, 6.07) is 4.46. The SMILES string of the molecule is C=CCC(C(=O)OCC)C(=O)OCC(=O)c1ccc(NC(=O)OC)cc1Br. The summed E-state index contributed by atoms with van der Waals surface area (Å²) >= 11 is 3.22. The van der Waals surface area contributed by atoms with Crippen LogP contribution in [0, 0.1) is 5.92 Å². The minimum atomic E-state index is -1.16. The number of hydrogen-bond donors (Lipinski definition) is 1. The van der Waals surface area contributed by atoms with Crippen LogP contribution in [0.2, 0.25) is 0 Å². The molecule has 27 heavy (non-hydrogen) atoms. The Hall–Kier alpha value is -2.68. The van der Waals surface area contributed by atoms with Crippen LogP contribution >= 0.6 is 15.9 Å². The molecule has 8 nitrogen and oxygen atoms in total. The number of ketones is 1. The standard InChI is InChI=1S/C18H20BrNO7/c1-4-6-13(16(22)26-5-2)17(23)27-10-15(21)12-8-7-11(9-14(12)19)20-18(24)25-3/h4,7-9,13H,1,5-6,10H2,2-3H3,(H,20,24). The summed E-state index contributed by atoms with van der Waals surface area (Å²) in [5.41, 5.74) is 0.658. The zero-order chi connectivity index (χ0) is 20.4. The molecule has 146 valence electrons. The van der Waals surface area contributed by atoms with E-state index < -0.39 is 36.3 Å². The Bertz CT molecular complexity index is 732. The van der Waals surface area contributed by atoms with Crippen LogP contribution in [0.1, 0.15) is 23.7 Å². The van der Waals surface area contributed by atoms with Crippen LogP contribution in [-0.2, 0) is 23.8 Å². The molecule has 0 aliphatic rings. The van der Waals surface area contributed by atoms with E-state index in [4.69, 9.17) is 9.47 Å². The molecule has 1 N–H and O–H groups in total. The molecule has 0 saturated carbocycles. The quantitative estimate of drug-likeness (QED) is 0.206. The number of rotatable bonds is 9. The highest BCUT2D eigenvalue weighted by molar-refractivity contribution is 9.10. The molecule has 1 aromatic carbocycles. The Labute approximate surface area is 165 Å². The number of methoxy groups -OCH3 is 1. The molecule has 0 bridgehead atoms. The Balaban J connectivity index is 2.75. The second-order valence-corrected chi connectivity index (χ2v) is 6.03. The van der Waals surface area contributed by atoms with E-state index in [1.807, 2.05) is 0 Å². The third-order valence-electron chi connectivity index (χ3n) is 3.30. The smallest absolute Gasteiger partial charge is 0.411 e. The molecule has 0 aromatic heterocycles. The predicted octanol–water partition coefficient (Wildman–Crippen LogP) is 3.11. The average molecular weight is 442 g/mol. The van der Waals surface area contributed by atoms with Gasteiger partial charge in [0.15, 0.2) is 12.5 Å². The summed E-state index contributed by atoms with van der Waals surface area (Å²) in [6.45, 7) is 4.68. The number of Topliss-reactive ketones (excluding diaryl/α,β-unsaturated/α-hetero) is 1. The summed E-state index contributed by atoms with van der Waals surface area (Å²) in [5, 5.41) is 2.45. The second-order valence-electron chi connectivity index (χ2n) is 5.17. The Morgan fingerprint density at radius 1 is 1.22 bits per heavy atom. The first-order chi connectivity index (χ1) is 12.8. The van der Waals surface area contributed by atoms with Gasteiger partial charge in [-0.2, -0.15) is 0 Å². The van der Waals surface area contributed by atoms with E-state index in [1.54, 1.807) is 6.92 Å². The van der Waals surface area contributed by atoms with E-state index in [9.17, 15) is 19.2 Å². The number of carbonyl (C=O) groups excluding carboxylic acids is 4. The molecule has 1 rings (SSSR count). The maximum absolute atomic E-state index is 12.3. The molecule has 0 fully saturated rings. The lowest BCUT2D eigenvalue weighted by Gasteiger charge is -2.13. The average Bonchev–Trinajstić information content (AvgIpc) is 2.64. The van der Waals surface area contributed by atoms with Crippen LogP contribution in [0.4, 0.5) is 10.5 Å². The number of anilines is 1. The highest BCUT2D eigenvalue weighted by Crippen LogP contribution is 2.22. The van der Waals surface area contributed by atoms with Crippen LogP contribution in [0.15, 0.2) is 35.3 Å². The van der Waals surface area contributed by atoms with E-state index in [2.05, 4.69) is 32.6 Å². The first-order valence-corrected chi connectivity index (χ1v) is 8.75. The third-order valence-corrected chi connectivity index (χ3v) is 3.96. The van der Waals surface area contributed by atoms with Crippen LogP contribution in [0.25, 0.3) is 0 Å². The van der Waals surface area contributed by atoms with Gasteiger partial charge in [0.2, 0.25) is 5.78 Å². The van der Waals surface area contributed by atoms with Gasteiger partial charge in [0.1, 0.15) is 0 Å². The fraction of sp³-hybridized carbons (Fsp3) is 0.333. The summed E-state index contributed by atoms with van der Waals surface area (Å²) in [6.07, 6.45) is 0.791. The normalized spacial score (nSPS) is 11.1. The van der Waals surface area contributed by atoms with E-state index in [1.165, 1.54) is 31.4 Å². The number of nitrogens with one attached hydrogen (secondary N) is 1. The number of carbonyl (C=O) groups is 4. The highest BCUT2D eigenvalue weighted by Gasteiger charge is 2.29. The summed E-state index contributed by atoms with van der Waals surface area (Å²) < 4.78 is 14.7. The molecule has 1 aromatic rings. The lowest BCUT2D eigenvalue weighted by Crippen LogP contribution is -2.29. The minimum absolute atomic E-state index is 0.0451. The number of halogens is 1. The van der Waals surface area contributed by atoms with Crippen molar-refractivity contribution in [3.05, 3.63) is 40.9 Å². The molecule has 0 spiro atoms. The summed E-state index contributed by atoms with van der Waals surface area (Å²) in [5.74, 6) is -3.23. The van der Waals surface area contributed by atoms with Crippen molar-refractivity contribution in [2.75, 3.05) is 25.6 Å². The van der Waals surface area contributed by atoms with Crippen molar-refractivity contribution in [1.29, 1.82) is 0 Å². The number of benzene rings is 1. The lowest BCUT2D eigenvalue weighted by molar-refractivity contribution is -0.161. The van der Waals surface area contributed by atoms with Crippen molar-refractivity contribution in [1.82, 2.24) is 0 Å². The van der Waals surface area contributed by atoms with Gasteiger partial charge in [-0.15, -0.1) is 6.58 Å². The molecule has 0 aliphatic carbocycles. The number of amides is 1. The third kappa shape index (κ3) is 6.86. The molecule has 0 heterocycles. The van der Waals surface area contributed by atoms with Crippen molar-refractivity contribution in [3.63, 3.8) is 0 Å². The van der Waals surface area contributed by atoms with E-state index >= 15 is 0 Å². The molecule has 1 atom stereocenters. The van der Waals surface area contributed by atoms with Crippen molar-refractivity contribution in [2.45, 2.75) is 13.3 Å². The molecule has 0 saturated heterocycles. The maximum Gasteiger partial charge on any atom is 0.411 e. The second kappa shape index (κ2) is 11.1. The van der Waals surface area contributed by atoms with Gasteiger partial charge in [0, 0.05) is 15.7 Å². The molecular formula is C18H20BrNO7. The van der Waals surface area contributed by atoms with Crippen LogP contribution in [-0.4, -0.2) is 44.1 Å². The van der Waals surface area contributed by atoms with Crippen molar-refractivity contribution in [2.24, 2.45) is 5.92 Å². The molecular weight excluding hydrogens is 422 g/mol. The predicted molar refractivity (Wildman–Crippen MR) is 100 cm³/mol. The Morgan fingerprint density at radius 2 is 1.89 bits per heavy atom. The van der Waals surface area contributed by atoms with Crippen LogP contribution < -0.4 is 5.32 Å². The first kappa shape index (κ1) is 22.4. The fourth-order valence-electron chi connectivity index (χ4n) is 2.00. The first-order valence-electron chi connectivity index (χ1n) is 7.95.